The van der Waals surface area contributed by atoms with Crippen molar-refractivity contribution in [3.63, 3.8) is 0 Å². The number of nitrogens with one attached hydrogen (secondary N) is 1. The van der Waals surface area contributed by atoms with Crippen LogP contribution in [0.15, 0.2) is 48.9 Å². The van der Waals surface area contributed by atoms with Crippen LogP contribution in [0.2, 0.25) is 0 Å². The third-order valence-corrected chi connectivity index (χ3v) is 4.30. The zero-order valence-corrected chi connectivity index (χ0v) is 15.7. The van der Waals surface area contributed by atoms with Crippen molar-refractivity contribution < 1.29 is 18.0 Å². The number of carbonyl (C=O) groups excluding carboxylic acids is 1. The first-order valence-corrected chi connectivity index (χ1v) is 8.62. The Kier molecular flexibility index (Phi) is 5.49. The lowest BCUT2D eigenvalue weighted by molar-refractivity contribution is 0.1000. The van der Waals surface area contributed by atoms with E-state index in [1.165, 1.54) is 42.9 Å². The number of amides is 1. The van der Waals surface area contributed by atoms with Gasteiger partial charge in [0.2, 0.25) is 11.9 Å². The summed E-state index contributed by atoms with van der Waals surface area (Å²) < 4.78 is 40.7. The average molecular weight is 401 g/mol. The molecule has 0 aliphatic heterocycles. The lowest BCUT2D eigenvalue weighted by atomic mass is 9.95. The number of carbonyl (C=O) groups is 1. The van der Waals surface area contributed by atoms with E-state index in [2.05, 4.69) is 20.3 Å². The first kappa shape index (κ1) is 20.2. The molecular formula is C20H18F3N5O. The Hall–Kier alpha value is -3.49. The van der Waals surface area contributed by atoms with E-state index in [9.17, 15) is 18.0 Å². The van der Waals surface area contributed by atoms with Crippen LogP contribution in [0.25, 0.3) is 11.1 Å². The van der Waals surface area contributed by atoms with Gasteiger partial charge in [0, 0.05) is 40.8 Å². The number of nitrogens with zero attached hydrogens (tertiary/aromatic N) is 3. The molecule has 29 heavy (non-hydrogen) atoms. The molecule has 0 bridgehead atoms. The van der Waals surface area contributed by atoms with Crippen molar-refractivity contribution >= 4 is 11.9 Å². The van der Waals surface area contributed by atoms with Gasteiger partial charge in [-0.3, -0.25) is 9.78 Å². The number of anilines is 1. The molecule has 0 atom stereocenters. The van der Waals surface area contributed by atoms with Gasteiger partial charge in [-0.25, -0.2) is 23.1 Å². The summed E-state index contributed by atoms with van der Waals surface area (Å²) in [5.41, 5.74) is 4.83. The molecule has 1 aromatic carbocycles. The van der Waals surface area contributed by atoms with Crippen molar-refractivity contribution in [1.29, 1.82) is 0 Å². The first-order valence-electron chi connectivity index (χ1n) is 8.62. The summed E-state index contributed by atoms with van der Waals surface area (Å²) in [4.78, 5) is 23.7. The number of hydrogen-bond donors (Lipinski definition) is 2. The highest BCUT2D eigenvalue weighted by molar-refractivity contribution is 5.94. The van der Waals surface area contributed by atoms with Crippen LogP contribution in [0, 0.1) is 5.82 Å². The Labute approximate surface area is 165 Å². The number of pyridine rings is 1. The second kappa shape index (κ2) is 7.86. The van der Waals surface area contributed by atoms with Crippen molar-refractivity contribution in [2.45, 2.75) is 25.8 Å². The topological polar surface area (TPSA) is 93.8 Å². The Bertz CT molecular complexity index is 1040. The highest BCUT2D eigenvalue weighted by atomic mass is 19.3. The van der Waals surface area contributed by atoms with Gasteiger partial charge in [0.1, 0.15) is 5.82 Å². The molecule has 6 nitrogen and oxygen atoms in total. The number of hydrogen-bond acceptors (Lipinski definition) is 5. The molecule has 0 saturated carbocycles. The predicted octanol–water partition coefficient (Wildman–Crippen LogP) is 4.06. The van der Waals surface area contributed by atoms with Gasteiger partial charge in [-0.2, -0.15) is 0 Å². The number of benzene rings is 1. The third-order valence-electron chi connectivity index (χ3n) is 4.30. The first-order chi connectivity index (χ1) is 13.7. The second-order valence-electron chi connectivity index (χ2n) is 6.85. The Morgan fingerprint density at radius 1 is 1.14 bits per heavy atom. The molecular weight excluding hydrogens is 383 g/mol. The van der Waals surface area contributed by atoms with Gasteiger partial charge in [0.15, 0.2) is 0 Å². The molecule has 0 fully saturated rings. The van der Waals surface area contributed by atoms with Crippen molar-refractivity contribution in [2.24, 2.45) is 5.73 Å². The molecule has 0 saturated heterocycles. The van der Waals surface area contributed by atoms with Crippen LogP contribution in [0.3, 0.4) is 0 Å². The molecule has 2 heterocycles. The number of primary amides is 1. The highest BCUT2D eigenvalue weighted by Gasteiger charge is 2.29. The van der Waals surface area contributed by atoms with E-state index in [-0.39, 0.29) is 28.3 Å². The zero-order valence-electron chi connectivity index (χ0n) is 15.7. The maximum absolute atomic E-state index is 14.1. The summed E-state index contributed by atoms with van der Waals surface area (Å²) in [5, 5.41) is 2.97. The molecule has 1 amide bonds. The van der Waals surface area contributed by atoms with E-state index < -0.39 is 23.7 Å². The van der Waals surface area contributed by atoms with Gasteiger partial charge in [0.05, 0.1) is 11.2 Å². The number of alkyl halides is 2. The molecule has 2 aromatic heterocycles. The zero-order chi connectivity index (χ0) is 21.2. The summed E-state index contributed by atoms with van der Waals surface area (Å²) in [6.07, 6.45) is 1.48. The molecule has 3 aromatic rings. The molecule has 3 rings (SSSR count). The van der Waals surface area contributed by atoms with Crippen molar-refractivity contribution in [3.8, 4) is 11.1 Å². The van der Waals surface area contributed by atoms with Crippen molar-refractivity contribution in [3.05, 3.63) is 71.6 Å². The van der Waals surface area contributed by atoms with E-state index in [1.54, 1.807) is 13.8 Å². The molecule has 0 spiro atoms. The standard InChI is InChI=1S/C20H18F3N5O/c1-20(2,16-13(17(22)23)4-3-7-25-16)28-19-26-9-12(10-27-19)14-8-11(18(24)29)5-6-15(14)21/h3-10,17H,1-2H3,(H2,24,29)(H,26,27,28). The lowest BCUT2D eigenvalue weighted by Crippen LogP contribution is -2.31. The maximum atomic E-state index is 14.1. The molecule has 3 N–H and O–H groups in total. The molecule has 0 radical (unpaired) electrons. The van der Waals surface area contributed by atoms with Gasteiger partial charge in [0.25, 0.3) is 6.43 Å². The fourth-order valence-electron chi connectivity index (χ4n) is 2.89. The van der Waals surface area contributed by atoms with Crippen molar-refractivity contribution in [2.75, 3.05) is 5.32 Å². The van der Waals surface area contributed by atoms with Crippen LogP contribution >= 0.6 is 0 Å². The molecule has 150 valence electrons. The van der Waals surface area contributed by atoms with E-state index in [1.807, 2.05) is 0 Å². The van der Waals surface area contributed by atoms with Gasteiger partial charge >= 0.3 is 0 Å². The second-order valence-corrected chi connectivity index (χ2v) is 6.85. The molecule has 9 heteroatoms. The summed E-state index contributed by atoms with van der Waals surface area (Å²) in [5.74, 6) is -1.09. The van der Waals surface area contributed by atoms with Gasteiger partial charge < -0.3 is 11.1 Å². The van der Waals surface area contributed by atoms with Crippen LogP contribution in [0.4, 0.5) is 19.1 Å². The molecule has 0 unspecified atom stereocenters. The van der Waals surface area contributed by atoms with Gasteiger partial charge in [-0.15, -0.1) is 0 Å². The predicted molar refractivity (Wildman–Crippen MR) is 102 cm³/mol. The van der Waals surface area contributed by atoms with E-state index >= 15 is 0 Å². The van der Waals surface area contributed by atoms with Crippen LogP contribution < -0.4 is 11.1 Å². The third kappa shape index (κ3) is 4.34. The largest absolute Gasteiger partial charge is 0.366 e. The summed E-state index contributed by atoms with van der Waals surface area (Å²) >= 11 is 0. The van der Waals surface area contributed by atoms with Gasteiger partial charge in [-0.05, 0) is 44.2 Å². The van der Waals surface area contributed by atoms with Crippen LogP contribution in [0.1, 0.15) is 41.9 Å². The molecule has 0 aliphatic rings. The minimum atomic E-state index is -2.68. The minimum absolute atomic E-state index is 0.122. The Morgan fingerprint density at radius 2 is 1.83 bits per heavy atom. The van der Waals surface area contributed by atoms with Gasteiger partial charge in [-0.1, -0.05) is 0 Å². The van der Waals surface area contributed by atoms with Crippen LogP contribution in [-0.2, 0) is 5.54 Å². The minimum Gasteiger partial charge on any atom is -0.366 e. The summed E-state index contributed by atoms with van der Waals surface area (Å²) in [6, 6.07) is 6.50. The van der Waals surface area contributed by atoms with Crippen LogP contribution in [-0.4, -0.2) is 20.9 Å². The maximum Gasteiger partial charge on any atom is 0.265 e. The Morgan fingerprint density at radius 3 is 2.45 bits per heavy atom. The SMILES string of the molecule is CC(C)(Nc1ncc(-c2cc(C(N)=O)ccc2F)cn1)c1ncccc1C(F)F. The summed E-state index contributed by atoms with van der Waals surface area (Å²) in [6.45, 7) is 3.35. The van der Waals surface area contributed by atoms with E-state index in [4.69, 9.17) is 5.73 Å². The van der Waals surface area contributed by atoms with E-state index in [0.29, 0.717) is 5.56 Å². The van der Waals surface area contributed by atoms with Crippen molar-refractivity contribution in [1.82, 2.24) is 15.0 Å². The van der Waals surface area contributed by atoms with Crippen LogP contribution in [0.5, 0.6) is 0 Å². The highest BCUT2D eigenvalue weighted by Crippen LogP contribution is 2.31. The number of halogens is 3. The average Bonchev–Trinajstić information content (AvgIpc) is 2.68. The molecule has 0 aliphatic carbocycles. The van der Waals surface area contributed by atoms with E-state index in [0.717, 1.165) is 6.07 Å². The number of aromatic nitrogens is 3. The Balaban J connectivity index is 1.88. The normalized spacial score (nSPS) is 11.5. The summed E-state index contributed by atoms with van der Waals surface area (Å²) in [7, 11) is 0. The number of nitrogens with two attached hydrogens (primary N) is 1. The number of rotatable bonds is 6. The smallest absolute Gasteiger partial charge is 0.265 e. The fraction of sp³-hybridized carbons (Fsp3) is 0.200. The quantitative estimate of drug-likeness (QED) is 0.650. The monoisotopic (exact) mass is 401 g/mol. The fourth-order valence-corrected chi connectivity index (χ4v) is 2.89. The lowest BCUT2D eigenvalue weighted by Gasteiger charge is -2.27.